The molecule has 2 nitrogen and oxygen atoms in total. The molecule has 0 aliphatic heterocycles. The molecule has 0 unspecified atom stereocenters. The Balaban J connectivity index is 1.83. The Kier molecular flexibility index (Phi) is 6.78. The smallest absolute Gasteiger partial charge is 0.162 e. The zero-order valence-electron chi connectivity index (χ0n) is 13.9. The van der Waals surface area contributed by atoms with Gasteiger partial charge in [-0.2, -0.15) is 0 Å². The maximum absolute atomic E-state index is 6.06. The fraction of sp³-hybridized carbons (Fsp3) is 0.667. The Labute approximate surface area is 132 Å². The number of hydrogen-bond acceptors (Lipinski definition) is 2. The van der Waals surface area contributed by atoms with Crippen LogP contribution >= 0.6 is 0 Å². The van der Waals surface area contributed by atoms with Crippen molar-refractivity contribution in [2.45, 2.75) is 64.5 Å². The lowest BCUT2D eigenvalue weighted by Crippen LogP contribution is -2.11. The van der Waals surface area contributed by atoms with Gasteiger partial charge in [0.25, 0.3) is 0 Å². The Morgan fingerprint density at radius 3 is 2.62 bits per heavy atom. The van der Waals surface area contributed by atoms with Crippen molar-refractivity contribution in [2.75, 3.05) is 7.11 Å². The maximum atomic E-state index is 6.06. The zero-order valence-corrected chi connectivity index (χ0v) is 15.3. The number of para-hydroxylation sites is 1. The molecule has 1 aliphatic carbocycles. The summed E-state index contributed by atoms with van der Waals surface area (Å²) in [6.45, 7) is 5.14. The van der Waals surface area contributed by atoms with Gasteiger partial charge in [0.05, 0.1) is 13.7 Å². The summed E-state index contributed by atoms with van der Waals surface area (Å²) in [5, 5.41) is 0. The van der Waals surface area contributed by atoms with Crippen LogP contribution in [0, 0.1) is 5.92 Å². The molecule has 0 amide bonds. The highest BCUT2D eigenvalue weighted by atomic mass is 28.2. The van der Waals surface area contributed by atoms with Crippen LogP contribution in [0.3, 0.4) is 0 Å². The van der Waals surface area contributed by atoms with E-state index < -0.39 is 0 Å². The lowest BCUT2D eigenvalue weighted by atomic mass is 9.91. The van der Waals surface area contributed by atoms with Crippen molar-refractivity contribution in [3.63, 3.8) is 0 Å². The van der Waals surface area contributed by atoms with E-state index in [9.17, 15) is 0 Å². The van der Waals surface area contributed by atoms with Gasteiger partial charge in [-0.15, -0.1) is 0 Å². The second-order valence-corrected chi connectivity index (χ2v) is 7.93. The summed E-state index contributed by atoms with van der Waals surface area (Å²) in [6, 6.07) is 7.78. The Morgan fingerprint density at radius 2 is 1.95 bits per heavy atom. The van der Waals surface area contributed by atoms with Crippen LogP contribution in [0.2, 0.25) is 6.04 Å². The van der Waals surface area contributed by atoms with Gasteiger partial charge in [-0.1, -0.05) is 64.2 Å². The first-order valence-corrected chi connectivity index (χ1v) is 10.0. The van der Waals surface area contributed by atoms with E-state index in [1.807, 2.05) is 0 Å². The number of methoxy groups -OCH3 is 1. The van der Waals surface area contributed by atoms with E-state index in [-0.39, 0.29) is 9.76 Å². The van der Waals surface area contributed by atoms with E-state index in [4.69, 9.17) is 9.16 Å². The molecule has 1 aromatic carbocycles. The van der Waals surface area contributed by atoms with E-state index in [1.165, 1.54) is 49.3 Å². The molecular weight excluding hydrogens is 276 g/mol. The second-order valence-electron chi connectivity index (χ2n) is 6.54. The van der Waals surface area contributed by atoms with Crippen LogP contribution in [0.4, 0.5) is 0 Å². The van der Waals surface area contributed by atoms with Crippen molar-refractivity contribution < 1.29 is 9.16 Å². The lowest BCUT2D eigenvalue weighted by Gasteiger charge is -2.21. The highest BCUT2D eigenvalue weighted by molar-refractivity contribution is 6.27. The van der Waals surface area contributed by atoms with Gasteiger partial charge < -0.3 is 9.16 Å². The fourth-order valence-electron chi connectivity index (χ4n) is 3.33. The molecule has 0 radical (unpaired) electrons. The summed E-state index contributed by atoms with van der Waals surface area (Å²) in [5.74, 6) is 2.47. The van der Waals surface area contributed by atoms with Crippen LogP contribution in [0.5, 0.6) is 5.75 Å². The molecule has 118 valence electrons. The van der Waals surface area contributed by atoms with Crippen LogP contribution < -0.4 is 4.74 Å². The third-order valence-corrected chi connectivity index (χ3v) is 6.15. The molecule has 1 fully saturated rings. The lowest BCUT2D eigenvalue weighted by molar-refractivity contribution is 0.299. The molecule has 0 bridgehead atoms. The second kappa shape index (κ2) is 8.59. The average Bonchev–Trinajstić information content (AvgIpc) is 2.52. The summed E-state index contributed by atoms with van der Waals surface area (Å²) >= 11 is 0. The first-order chi connectivity index (χ1) is 10.2. The number of rotatable bonds is 7. The van der Waals surface area contributed by atoms with Crippen LogP contribution in [0.15, 0.2) is 18.2 Å². The first-order valence-electron chi connectivity index (χ1n) is 8.46. The molecule has 2 rings (SSSR count). The summed E-state index contributed by atoms with van der Waals surface area (Å²) in [4.78, 5) is 0. The van der Waals surface area contributed by atoms with Crippen LogP contribution in [0.1, 0.15) is 63.0 Å². The topological polar surface area (TPSA) is 18.5 Å². The normalized spacial score (nSPS) is 17.0. The predicted octanol–water partition coefficient (Wildman–Crippen LogP) is 4.42. The van der Waals surface area contributed by atoms with Gasteiger partial charge in [-0.05, 0) is 23.4 Å². The van der Waals surface area contributed by atoms with Gasteiger partial charge in [0, 0.05) is 5.56 Å². The minimum absolute atomic E-state index is 0.388. The molecule has 21 heavy (non-hydrogen) atoms. The van der Waals surface area contributed by atoms with Crippen molar-refractivity contribution in [3.05, 3.63) is 29.3 Å². The largest absolute Gasteiger partial charge is 0.496 e. The molecule has 1 aromatic rings. The number of ether oxygens (including phenoxy) is 1. The molecule has 1 saturated carbocycles. The molecular formula is C18H30O2Si. The van der Waals surface area contributed by atoms with Gasteiger partial charge in [-0.25, -0.2) is 0 Å². The Bertz CT molecular complexity index is 425. The van der Waals surface area contributed by atoms with Gasteiger partial charge in [-0.3, -0.25) is 0 Å². The maximum Gasteiger partial charge on any atom is 0.162 e. The number of benzene rings is 1. The molecule has 0 saturated heterocycles. The Morgan fingerprint density at radius 1 is 1.19 bits per heavy atom. The molecule has 1 aliphatic rings. The number of hydrogen-bond donors (Lipinski definition) is 0. The Hall–Kier alpha value is -0.803. The van der Waals surface area contributed by atoms with Crippen molar-refractivity contribution in [1.82, 2.24) is 0 Å². The summed E-state index contributed by atoms with van der Waals surface area (Å²) in [6.07, 6.45) is 7.18. The average molecular weight is 307 g/mol. The van der Waals surface area contributed by atoms with Crippen LogP contribution in [-0.2, 0) is 11.0 Å². The van der Waals surface area contributed by atoms with Crippen molar-refractivity contribution in [3.8, 4) is 5.75 Å². The highest BCUT2D eigenvalue weighted by Gasteiger charge is 2.14. The van der Waals surface area contributed by atoms with E-state index in [1.54, 1.807) is 7.11 Å². The van der Waals surface area contributed by atoms with E-state index >= 15 is 0 Å². The third kappa shape index (κ3) is 4.85. The van der Waals surface area contributed by atoms with E-state index in [2.05, 4.69) is 32.0 Å². The summed E-state index contributed by atoms with van der Waals surface area (Å²) < 4.78 is 11.7. The molecule has 0 heterocycles. The van der Waals surface area contributed by atoms with E-state index in [0.29, 0.717) is 5.92 Å². The highest BCUT2D eigenvalue weighted by Crippen LogP contribution is 2.30. The van der Waals surface area contributed by atoms with Gasteiger partial charge >= 0.3 is 0 Å². The van der Waals surface area contributed by atoms with E-state index in [0.717, 1.165) is 18.3 Å². The van der Waals surface area contributed by atoms with Gasteiger partial charge in [0.15, 0.2) is 9.76 Å². The van der Waals surface area contributed by atoms with Gasteiger partial charge in [0.1, 0.15) is 5.75 Å². The quantitative estimate of drug-likeness (QED) is 0.548. The molecule has 0 spiro atoms. The SMILES string of the molecule is COc1c(CO[SiH2]CC2CCCCC2)cccc1C(C)C. The monoisotopic (exact) mass is 306 g/mol. The first kappa shape index (κ1) is 16.6. The van der Waals surface area contributed by atoms with Crippen LogP contribution in [-0.4, -0.2) is 16.9 Å². The minimum Gasteiger partial charge on any atom is -0.496 e. The molecule has 0 N–H and O–H groups in total. The fourth-order valence-corrected chi connectivity index (χ4v) is 4.77. The third-order valence-electron chi connectivity index (χ3n) is 4.61. The summed E-state index contributed by atoms with van der Waals surface area (Å²) in [5.41, 5.74) is 2.49. The minimum atomic E-state index is -0.388. The predicted molar refractivity (Wildman–Crippen MR) is 91.8 cm³/mol. The van der Waals surface area contributed by atoms with Crippen molar-refractivity contribution >= 4 is 9.76 Å². The standard InChI is InChI=1S/C18H30O2Si/c1-14(2)17-11-7-10-16(18(17)19-3)12-20-21-13-15-8-5-4-6-9-15/h7,10-11,14-15H,4-6,8-9,12-13,21H2,1-3H3. The molecule has 3 heteroatoms. The van der Waals surface area contributed by atoms with Crippen molar-refractivity contribution in [2.24, 2.45) is 5.92 Å². The summed E-state index contributed by atoms with van der Waals surface area (Å²) in [7, 11) is 1.38. The zero-order chi connectivity index (χ0) is 15.1. The van der Waals surface area contributed by atoms with Crippen molar-refractivity contribution in [1.29, 1.82) is 0 Å². The van der Waals surface area contributed by atoms with Gasteiger partial charge in [0.2, 0.25) is 0 Å². The molecule has 0 atom stereocenters. The molecule has 0 aromatic heterocycles. The van der Waals surface area contributed by atoms with Crippen LogP contribution in [0.25, 0.3) is 0 Å².